The number of para-hydroxylation sites is 2. The van der Waals surface area contributed by atoms with Gasteiger partial charge in [-0.1, -0.05) is 109 Å². The minimum atomic E-state index is 0.634. The molecule has 0 aliphatic heterocycles. The molecule has 0 spiro atoms. The first-order valence-corrected chi connectivity index (χ1v) is 14.5. The Balaban J connectivity index is 1.27. The van der Waals surface area contributed by atoms with E-state index in [0.717, 1.165) is 38.9 Å². The maximum Gasteiger partial charge on any atom is 0.235 e. The van der Waals surface area contributed by atoms with Crippen molar-refractivity contribution in [3.8, 4) is 28.5 Å². The molecular weight excluding hydrogens is 524 g/mol. The molecule has 200 valence electrons. The van der Waals surface area contributed by atoms with E-state index in [0.29, 0.717) is 5.95 Å². The van der Waals surface area contributed by atoms with Crippen molar-refractivity contribution >= 4 is 54.3 Å². The van der Waals surface area contributed by atoms with Crippen LogP contribution in [0.5, 0.6) is 0 Å². The average Bonchev–Trinajstić information content (AvgIpc) is 3.39. The maximum atomic E-state index is 5.24. The molecule has 0 fully saturated rings. The predicted octanol–water partition coefficient (Wildman–Crippen LogP) is 9.76. The van der Waals surface area contributed by atoms with Crippen LogP contribution in [-0.4, -0.2) is 19.5 Å². The molecule has 3 aromatic heterocycles. The summed E-state index contributed by atoms with van der Waals surface area (Å²) in [6.07, 6.45) is 1.96. The van der Waals surface area contributed by atoms with Gasteiger partial charge in [-0.2, -0.15) is 0 Å². The molecule has 43 heavy (non-hydrogen) atoms. The Hall–Kier alpha value is -5.87. The normalized spacial score (nSPS) is 11.7. The summed E-state index contributed by atoms with van der Waals surface area (Å²) < 4.78 is 2.19. The van der Waals surface area contributed by atoms with Crippen molar-refractivity contribution in [3.05, 3.63) is 146 Å². The Morgan fingerprint density at radius 3 is 2.00 bits per heavy atom. The van der Waals surface area contributed by atoms with Crippen LogP contribution < -0.4 is 0 Å². The second kappa shape index (κ2) is 9.33. The van der Waals surface area contributed by atoms with Gasteiger partial charge in [0.1, 0.15) is 5.69 Å². The number of benzene rings is 6. The molecule has 0 aliphatic rings. The summed E-state index contributed by atoms with van der Waals surface area (Å²) in [6.45, 7) is 0. The second-order valence-electron chi connectivity index (χ2n) is 10.9. The maximum absolute atomic E-state index is 5.24. The fourth-order valence-corrected chi connectivity index (χ4v) is 6.40. The first-order chi connectivity index (χ1) is 21.3. The van der Waals surface area contributed by atoms with E-state index in [-0.39, 0.29) is 0 Å². The Morgan fingerprint density at radius 1 is 0.465 bits per heavy atom. The summed E-state index contributed by atoms with van der Waals surface area (Å²) in [5, 5.41) is 8.18. The van der Waals surface area contributed by atoms with Crippen molar-refractivity contribution in [2.75, 3.05) is 0 Å². The minimum absolute atomic E-state index is 0.634. The van der Waals surface area contributed by atoms with Crippen molar-refractivity contribution in [1.82, 2.24) is 19.5 Å². The van der Waals surface area contributed by atoms with Gasteiger partial charge in [0.15, 0.2) is 0 Å². The molecule has 0 saturated carbocycles. The lowest BCUT2D eigenvalue weighted by Gasteiger charge is -2.12. The van der Waals surface area contributed by atoms with Gasteiger partial charge in [0.25, 0.3) is 0 Å². The summed E-state index contributed by atoms with van der Waals surface area (Å²) >= 11 is 0. The summed E-state index contributed by atoms with van der Waals surface area (Å²) in [4.78, 5) is 15.3. The quantitative estimate of drug-likeness (QED) is 0.221. The largest absolute Gasteiger partial charge is 0.278 e. The lowest BCUT2D eigenvalue weighted by atomic mass is 9.99. The highest BCUT2D eigenvalue weighted by Gasteiger charge is 2.18. The summed E-state index contributed by atoms with van der Waals surface area (Å²) in [5.41, 5.74) is 6.92. The number of aromatic nitrogens is 4. The molecule has 0 aliphatic carbocycles. The van der Waals surface area contributed by atoms with E-state index in [1.807, 2.05) is 18.3 Å². The molecule has 0 N–H and O–H groups in total. The van der Waals surface area contributed by atoms with Gasteiger partial charge in [0.05, 0.1) is 22.2 Å². The first kappa shape index (κ1) is 23.8. The molecule has 0 bridgehead atoms. The number of hydrogen-bond donors (Lipinski definition) is 0. The zero-order valence-corrected chi connectivity index (χ0v) is 23.1. The fourth-order valence-electron chi connectivity index (χ4n) is 6.40. The molecule has 3 heterocycles. The van der Waals surface area contributed by atoms with Crippen LogP contribution in [0.25, 0.3) is 82.7 Å². The van der Waals surface area contributed by atoms with E-state index in [1.54, 1.807) is 0 Å². The van der Waals surface area contributed by atoms with Gasteiger partial charge in [-0.15, -0.1) is 0 Å². The first-order valence-electron chi connectivity index (χ1n) is 14.5. The van der Waals surface area contributed by atoms with Gasteiger partial charge >= 0.3 is 0 Å². The van der Waals surface area contributed by atoms with Gasteiger partial charge in [0.2, 0.25) is 5.95 Å². The number of hydrogen-bond acceptors (Lipinski definition) is 3. The monoisotopic (exact) mass is 548 g/mol. The highest BCUT2D eigenvalue weighted by molar-refractivity contribution is 6.13. The molecule has 9 rings (SSSR count). The molecule has 4 heteroatoms. The summed E-state index contributed by atoms with van der Waals surface area (Å²) in [5.74, 6) is 0.634. The predicted molar refractivity (Wildman–Crippen MR) is 178 cm³/mol. The van der Waals surface area contributed by atoms with Crippen molar-refractivity contribution < 1.29 is 0 Å². The highest BCUT2D eigenvalue weighted by Crippen LogP contribution is 2.36. The van der Waals surface area contributed by atoms with Crippen molar-refractivity contribution in [2.45, 2.75) is 0 Å². The Morgan fingerprint density at radius 2 is 1.16 bits per heavy atom. The molecule has 0 saturated heterocycles. The van der Waals surface area contributed by atoms with Crippen LogP contribution in [0.2, 0.25) is 0 Å². The topological polar surface area (TPSA) is 43.6 Å². The van der Waals surface area contributed by atoms with Gasteiger partial charge in [-0.3, -0.25) is 9.55 Å². The van der Waals surface area contributed by atoms with Gasteiger partial charge < -0.3 is 0 Å². The van der Waals surface area contributed by atoms with E-state index in [4.69, 9.17) is 15.0 Å². The third kappa shape index (κ3) is 3.74. The Labute approximate surface area is 247 Å². The van der Waals surface area contributed by atoms with E-state index in [2.05, 4.69) is 132 Å². The standard InChI is InChI=1S/C39H24N4/c1-2-12-27-23-37-33(22-26(27)11-1)31-15-6-8-19-36(31)43(37)39-41-34-18-7-5-16-32(34)38(42-39)35-21-20-28(24-40-35)30-17-9-13-25-10-3-4-14-29(25)30/h1-24H. The Bertz CT molecular complexity index is 2500. The lowest BCUT2D eigenvalue weighted by molar-refractivity contribution is 1.01. The van der Waals surface area contributed by atoms with Crippen LogP contribution in [0.4, 0.5) is 0 Å². The second-order valence-corrected chi connectivity index (χ2v) is 10.9. The summed E-state index contributed by atoms with van der Waals surface area (Å²) in [7, 11) is 0. The average molecular weight is 549 g/mol. The molecular formula is C39H24N4. The van der Waals surface area contributed by atoms with Crippen molar-refractivity contribution in [3.63, 3.8) is 0 Å². The molecule has 0 unspecified atom stereocenters. The molecule has 0 amide bonds. The zero-order chi connectivity index (χ0) is 28.3. The molecule has 0 atom stereocenters. The van der Waals surface area contributed by atoms with Crippen LogP contribution in [0, 0.1) is 0 Å². The molecule has 4 nitrogen and oxygen atoms in total. The number of fused-ring (bicyclic) bond motifs is 6. The third-order valence-electron chi connectivity index (χ3n) is 8.44. The molecule has 0 radical (unpaired) electrons. The van der Waals surface area contributed by atoms with E-state index < -0.39 is 0 Å². The van der Waals surface area contributed by atoms with E-state index >= 15 is 0 Å². The lowest BCUT2D eigenvalue weighted by Crippen LogP contribution is -2.04. The highest BCUT2D eigenvalue weighted by atomic mass is 15.2. The van der Waals surface area contributed by atoms with Crippen LogP contribution in [0.15, 0.2) is 146 Å². The van der Waals surface area contributed by atoms with Gasteiger partial charge in [-0.25, -0.2) is 9.97 Å². The van der Waals surface area contributed by atoms with Crippen LogP contribution in [0.3, 0.4) is 0 Å². The number of nitrogens with zero attached hydrogens (tertiary/aromatic N) is 4. The van der Waals surface area contributed by atoms with Crippen LogP contribution in [-0.2, 0) is 0 Å². The number of rotatable bonds is 3. The zero-order valence-electron chi connectivity index (χ0n) is 23.1. The van der Waals surface area contributed by atoms with Crippen LogP contribution >= 0.6 is 0 Å². The molecule has 9 aromatic rings. The van der Waals surface area contributed by atoms with Crippen LogP contribution in [0.1, 0.15) is 0 Å². The third-order valence-corrected chi connectivity index (χ3v) is 8.44. The molecule has 6 aromatic carbocycles. The van der Waals surface area contributed by atoms with E-state index in [1.165, 1.54) is 37.9 Å². The minimum Gasteiger partial charge on any atom is -0.278 e. The number of pyridine rings is 1. The fraction of sp³-hybridized carbons (Fsp3) is 0. The van der Waals surface area contributed by atoms with Gasteiger partial charge in [-0.05, 0) is 57.4 Å². The van der Waals surface area contributed by atoms with Gasteiger partial charge in [0, 0.05) is 27.9 Å². The Kier molecular flexibility index (Phi) is 5.16. The SMILES string of the molecule is c1ccc2cc3c(cc2c1)c1ccccc1n3-c1nc(-c2ccc(-c3cccc4ccccc34)cn2)c2ccccc2n1. The summed E-state index contributed by atoms with van der Waals surface area (Å²) in [6, 6.07) is 48.8. The smallest absolute Gasteiger partial charge is 0.235 e. The van der Waals surface area contributed by atoms with Crippen molar-refractivity contribution in [1.29, 1.82) is 0 Å². The van der Waals surface area contributed by atoms with E-state index in [9.17, 15) is 0 Å². The van der Waals surface area contributed by atoms with Crippen molar-refractivity contribution in [2.24, 2.45) is 0 Å².